The fraction of sp³-hybridized carbons (Fsp3) is 0.600. The normalized spacial score (nSPS) is 21.1. The molecule has 0 bridgehead atoms. The Hall–Kier alpha value is -1.07. The number of halogens is 1. The molecule has 3 N–H and O–H groups in total. The summed E-state index contributed by atoms with van der Waals surface area (Å²) < 4.78 is 0. The van der Waals surface area contributed by atoms with E-state index in [2.05, 4.69) is 9.97 Å². The van der Waals surface area contributed by atoms with Gasteiger partial charge in [0.05, 0.1) is 12.6 Å². The second-order valence-corrected chi connectivity index (χ2v) is 4.32. The van der Waals surface area contributed by atoms with Crippen LogP contribution in [0.25, 0.3) is 0 Å². The molecule has 16 heavy (non-hydrogen) atoms. The lowest BCUT2D eigenvalue weighted by Crippen LogP contribution is -2.42. The van der Waals surface area contributed by atoms with Crippen molar-refractivity contribution in [1.82, 2.24) is 9.97 Å². The molecule has 0 spiro atoms. The lowest BCUT2D eigenvalue weighted by atomic mass is 10.0. The van der Waals surface area contributed by atoms with Gasteiger partial charge in [-0.25, -0.2) is 4.98 Å². The largest absolute Gasteiger partial charge is 0.394 e. The molecule has 2 heterocycles. The zero-order chi connectivity index (χ0) is 11.5. The molecule has 0 saturated carbocycles. The standard InChI is InChI=1S/C10H15ClN4O/c11-8-5-9(14-10(12)13-8)15-4-2-1-3-7(15)6-16/h5,7,16H,1-4,6H2,(H2,12,13,14). The second kappa shape index (κ2) is 4.84. The van der Waals surface area contributed by atoms with Gasteiger partial charge in [0, 0.05) is 12.6 Å². The minimum Gasteiger partial charge on any atom is -0.394 e. The highest BCUT2D eigenvalue weighted by Gasteiger charge is 2.23. The van der Waals surface area contributed by atoms with E-state index in [-0.39, 0.29) is 18.6 Å². The molecule has 1 aromatic heterocycles. The van der Waals surface area contributed by atoms with Crippen molar-refractivity contribution in [3.8, 4) is 0 Å². The Labute approximate surface area is 99.3 Å². The number of nitrogens with zero attached hydrogens (tertiary/aromatic N) is 3. The lowest BCUT2D eigenvalue weighted by Gasteiger charge is -2.35. The molecule has 1 aromatic rings. The summed E-state index contributed by atoms with van der Waals surface area (Å²) in [6.45, 7) is 1.000. The van der Waals surface area contributed by atoms with Crippen LogP contribution in [0, 0.1) is 0 Å². The van der Waals surface area contributed by atoms with Crippen LogP contribution in [0.15, 0.2) is 6.07 Å². The van der Waals surface area contributed by atoms with Crippen LogP contribution in [0.4, 0.5) is 11.8 Å². The highest BCUT2D eigenvalue weighted by molar-refractivity contribution is 6.29. The summed E-state index contributed by atoms with van der Waals surface area (Å²) in [5.74, 6) is 0.876. The van der Waals surface area contributed by atoms with Gasteiger partial charge in [0.25, 0.3) is 0 Å². The van der Waals surface area contributed by atoms with Crippen molar-refractivity contribution < 1.29 is 5.11 Å². The van der Waals surface area contributed by atoms with Gasteiger partial charge in [-0.05, 0) is 19.3 Å². The Morgan fingerprint density at radius 2 is 2.31 bits per heavy atom. The molecule has 2 rings (SSSR count). The predicted octanol–water partition coefficient (Wildman–Crippen LogP) is 1.06. The molecule has 88 valence electrons. The third-order valence-electron chi connectivity index (χ3n) is 2.83. The Morgan fingerprint density at radius 1 is 1.50 bits per heavy atom. The summed E-state index contributed by atoms with van der Waals surface area (Å²) in [5, 5.41) is 9.65. The van der Waals surface area contributed by atoms with E-state index in [1.807, 2.05) is 4.90 Å². The summed E-state index contributed by atoms with van der Waals surface area (Å²) in [7, 11) is 0. The number of aromatic nitrogens is 2. The molecule has 1 atom stereocenters. The van der Waals surface area contributed by atoms with E-state index in [1.165, 1.54) is 0 Å². The van der Waals surface area contributed by atoms with Gasteiger partial charge in [0.2, 0.25) is 5.95 Å². The molecular formula is C10H15ClN4O. The van der Waals surface area contributed by atoms with Crippen LogP contribution in [0.1, 0.15) is 19.3 Å². The highest BCUT2D eigenvalue weighted by Crippen LogP contribution is 2.25. The Balaban J connectivity index is 2.26. The maximum Gasteiger partial charge on any atom is 0.223 e. The topological polar surface area (TPSA) is 75.3 Å². The first-order valence-corrected chi connectivity index (χ1v) is 5.76. The van der Waals surface area contributed by atoms with E-state index >= 15 is 0 Å². The number of anilines is 2. The van der Waals surface area contributed by atoms with Crippen LogP contribution in [-0.2, 0) is 0 Å². The number of rotatable bonds is 2. The molecular weight excluding hydrogens is 228 g/mol. The second-order valence-electron chi connectivity index (χ2n) is 3.93. The highest BCUT2D eigenvalue weighted by atomic mass is 35.5. The van der Waals surface area contributed by atoms with Gasteiger partial charge < -0.3 is 15.7 Å². The number of aliphatic hydroxyl groups excluding tert-OH is 1. The predicted molar refractivity (Wildman–Crippen MR) is 63.5 cm³/mol. The Bertz CT molecular complexity index is 354. The van der Waals surface area contributed by atoms with Gasteiger partial charge in [-0.15, -0.1) is 0 Å². The summed E-state index contributed by atoms with van der Waals surface area (Å²) in [5.41, 5.74) is 5.56. The quantitative estimate of drug-likeness (QED) is 0.759. The number of piperidine rings is 1. The molecule has 1 fully saturated rings. The first-order chi connectivity index (χ1) is 7.70. The minimum absolute atomic E-state index is 0.110. The molecule has 1 aliphatic rings. The van der Waals surface area contributed by atoms with Gasteiger partial charge in [-0.1, -0.05) is 11.6 Å². The average molecular weight is 243 g/mol. The van der Waals surface area contributed by atoms with E-state index in [0.717, 1.165) is 25.8 Å². The monoisotopic (exact) mass is 242 g/mol. The van der Waals surface area contributed by atoms with Gasteiger partial charge in [-0.3, -0.25) is 0 Å². The molecule has 0 aromatic carbocycles. The number of nitrogen functional groups attached to an aromatic ring is 1. The molecule has 0 amide bonds. The number of hydrogen-bond acceptors (Lipinski definition) is 5. The molecule has 1 saturated heterocycles. The smallest absolute Gasteiger partial charge is 0.223 e. The van der Waals surface area contributed by atoms with Crippen LogP contribution in [0.3, 0.4) is 0 Å². The first kappa shape index (κ1) is 11.4. The molecule has 1 unspecified atom stereocenters. The summed E-state index contributed by atoms with van der Waals surface area (Å²) in [6.07, 6.45) is 3.20. The van der Waals surface area contributed by atoms with Gasteiger partial charge >= 0.3 is 0 Å². The third-order valence-corrected chi connectivity index (χ3v) is 3.02. The minimum atomic E-state index is 0.110. The number of aliphatic hydroxyl groups is 1. The fourth-order valence-electron chi connectivity index (χ4n) is 2.06. The SMILES string of the molecule is Nc1nc(Cl)cc(N2CCCCC2CO)n1. The van der Waals surface area contributed by atoms with Crippen LogP contribution in [-0.4, -0.2) is 34.3 Å². The molecule has 0 radical (unpaired) electrons. The molecule has 1 aliphatic heterocycles. The van der Waals surface area contributed by atoms with Gasteiger partial charge in [0.15, 0.2) is 0 Å². The number of nitrogens with two attached hydrogens (primary N) is 1. The Kier molecular flexibility index (Phi) is 3.46. The van der Waals surface area contributed by atoms with Crippen molar-refractivity contribution in [3.05, 3.63) is 11.2 Å². The third kappa shape index (κ3) is 2.36. The van der Waals surface area contributed by atoms with Gasteiger partial charge in [0.1, 0.15) is 11.0 Å². The number of hydrogen-bond donors (Lipinski definition) is 2. The van der Waals surface area contributed by atoms with E-state index < -0.39 is 0 Å². The van der Waals surface area contributed by atoms with Crippen molar-refractivity contribution in [2.75, 3.05) is 23.8 Å². The maximum absolute atomic E-state index is 9.31. The average Bonchev–Trinajstić information content (AvgIpc) is 2.27. The maximum atomic E-state index is 9.31. The van der Waals surface area contributed by atoms with Crippen LogP contribution in [0.2, 0.25) is 5.15 Å². The van der Waals surface area contributed by atoms with Crippen molar-refractivity contribution >= 4 is 23.4 Å². The van der Waals surface area contributed by atoms with E-state index in [4.69, 9.17) is 17.3 Å². The Morgan fingerprint density at radius 3 is 3.00 bits per heavy atom. The molecule has 0 aliphatic carbocycles. The zero-order valence-electron chi connectivity index (χ0n) is 8.93. The van der Waals surface area contributed by atoms with Gasteiger partial charge in [-0.2, -0.15) is 4.98 Å². The van der Waals surface area contributed by atoms with Crippen LogP contribution >= 0.6 is 11.6 Å². The van der Waals surface area contributed by atoms with E-state index in [0.29, 0.717) is 11.0 Å². The van der Waals surface area contributed by atoms with Crippen molar-refractivity contribution in [2.24, 2.45) is 0 Å². The zero-order valence-corrected chi connectivity index (χ0v) is 9.69. The lowest BCUT2D eigenvalue weighted by molar-refractivity contribution is 0.239. The van der Waals surface area contributed by atoms with E-state index in [9.17, 15) is 5.11 Å². The first-order valence-electron chi connectivity index (χ1n) is 5.38. The van der Waals surface area contributed by atoms with Crippen molar-refractivity contribution in [1.29, 1.82) is 0 Å². The fourth-order valence-corrected chi connectivity index (χ4v) is 2.25. The summed E-state index contributed by atoms with van der Waals surface area (Å²) in [4.78, 5) is 10.0. The summed E-state index contributed by atoms with van der Waals surface area (Å²) in [6, 6.07) is 1.80. The van der Waals surface area contributed by atoms with Crippen LogP contribution in [0.5, 0.6) is 0 Å². The van der Waals surface area contributed by atoms with Crippen molar-refractivity contribution in [2.45, 2.75) is 25.3 Å². The molecule has 5 nitrogen and oxygen atoms in total. The molecule has 6 heteroatoms. The van der Waals surface area contributed by atoms with Crippen molar-refractivity contribution in [3.63, 3.8) is 0 Å². The summed E-state index contributed by atoms with van der Waals surface area (Å²) >= 11 is 5.84. The van der Waals surface area contributed by atoms with E-state index in [1.54, 1.807) is 6.07 Å². The van der Waals surface area contributed by atoms with Crippen LogP contribution < -0.4 is 10.6 Å².